The van der Waals surface area contributed by atoms with Crippen molar-refractivity contribution in [1.29, 1.82) is 0 Å². The third-order valence-electron chi connectivity index (χ3n) is 6.69. The molecule has 0 unspecified atom stereocenters. The Hall–Kier alpha value is -3.20. The van der Waals surface area contributed by atoms with Crippen LogP contribution in [0.1, 0.15) is 41.0 Å². The summed E-state index contributed by atoms with van der Waals surface area (Å²) in [5.74, 6) is 1.46. The number of carbonyl (C=O) groups is 1. The average molecular weight is 453 g/mol. The fourth-order valence-corrected chi connectivity index (χ4v) is 5.39. The van der Waals surface area contributed by atoms with Crippen LogP contribution in [0, 0.1) is 0 Å². The van der Waals surface area contributed by atoms with Gasteiger partial charge in [-0.15, -0.1) is 0 Å². The third kappa shape index (κ3) is 3.46. The first-order valence-electron chi connectivity index (χ1n) is 10.7. The highest BCUT2D eigenvalue weighted by Crippen LogP contribution is 2.41. The van der Waals surface area contributed by atoms with E-state index < -0.39 is 11.1 Å². The summed E-state index contributed by atoms with van der Waals surface area (Å²) in [7, 11) is 1.60. The number of rotatable bonds is 4. The van der Waals surface area contributed by atoms with E-state index >= 15 is 0 Å². The van der Waals surface area contributed by atoms with E-state index in [4.69, 9.17) is 4.74 Å². The Morgan fingerprint density at radius 3 is 2.44 bits per heavy atom. The highest BCUT2D eigenvalue weighted by atomic mass is 32.1. The van der Waals surface area contributed by atoms with Gasteiger partial charge in [0.2, 0.25) is 0 Å². The summed E-state index contributed by atoms with van der Waals surface area (Å²) in [5.41, 5.74) is 0.192. The summed E-state index contributed by atoms with van der Waals surface area (Å²) in [6.07, 6.45) is 2.23. The van der Waals surface area contributed by atoms with Gasteiger partial charge in [0.05, 0.1) is 19.2 Å². The van der Waals surface area contributed by atoms with Crippen LogP contribution in [0.15, 0.2) is 50.7 Å². The Morgan fingerprint density at radius 2 is 1.78 bits per heavy atom. The molecule has 2 aliphatic rings. The number of piperidine rings is 1. The first-order valence-corrected chi connectivity index (χ1v) is 11.6. The van der Waals surface area contributed by atoms with Crippen LogP contribution in [-0.2, 0) is 18.5 Å². The Labute approximate surface area is 188 Å². The Bertz CT molecular complexity index is 1250. The molecular formula is C23H24N4O4S. The molecule has 1 fully saturated rings. The molecule has 1 amide bonds. The number of thiophene rings is 1. The molecule has 3 aromatic rings. The molecular weight excluding hydrogens is 428 g/mol. The minimum absolute atomic E-state index is 0.0499. The van der Waals surface area contributed by atoms with Crippen molar-refractivity contribution in [2.75, 3.05) is 20.2 Å². The number of methoxy groups -OCH3 is 1. The number of likely N-dealkylation sites (tertiary alicyclic amines) is 1. The number of carbonyl (C=O) groups excluding carboxylic acids is 1. The summed E-state index contributed by atoms with van der Waals surface area (Å²) < 4.78 is 8.01. The summed E-state index contributed by atoms with van der Waals surface area (Å²) in [4.78, 5) is 40.1. The predicted molar refractivity (Wildman–Crippen MR) is 121 cm³/mol. The quantitative estimate of drug-likeness (QED) is 0.566. The summed E-state index contributed by atoms with van der Waals surface area (Å²) >= 11 is 1.51. The molecule has 1 saturated heterocycles. The summed E-state index contributed by atoms with van der Waals surface area (Å²) in [6, 6.07) is 9.22. The summed E-state index contributed by atoms with van der Waals surface area (Å²) in [6.45, 7) is 1.95. The van der Waals surface area contributed by atoms with E-state index in [9.17, 15) is 14.4 Å². The van der Waals surface area contributed by atoms with E-state index in [1.165, 1.54) is 16.0 Å². The van der Waals surface area contributed by atoms with Gasteiger partial charge in [-0.05, 0) is 48.4 Å². The van der Waals surface area contributed by atoms with Crippen LogP contribution in [0.2, 0.25) is 0 Å². The molecule has 2 aromatic heterocycles. The zero-order valence-corrected chi connectivity index (χ0v) is 18.6. The maximum absolute atomic E-state index is 12.8. The lowest BCUT2D eigenvalue weighted by atomic mass is 9.76. The van der Waals surface area contributed by atoms with Crippen molar-refractivity contribution < 1.29 is 9.53 Å². The first kappa shape index (κ1) is 20.7. The van der Waals surface area contributed by atoms with Crippen molar-refractivity contribution in [2.24, 2.45) is 0 Å². The van der Waals surface area contributed by atoms with E-state index in [2.05, 4.69) is 5.10 Å². The Kier molecular flexibility index (Phi) is 5.21. The molecule has 4 heterocycles. The van der Waals surface area contributed by atoms with E-state index in [1.807, 2.05) is 46.0 Å². The number of nitrogens with zero attached hydrogens (tertiary/aromatic N) is 4. The van der Waals surface area contributed by atoms with Gasteiger partial charge >= 0.3 is 11.1 Å². The van der Waals surface area contributed by atoms with Crippen molar-refractivity contribution in [2.45, 2.75) is 37.8 Å². The number of ether oxygens (including phenoxy) is 1. The van der Waals surface area contributed by atoms with Crippen molar-refractivity contribution in [1.82, 2.24) is 19.2 Å². The number of hydrogen-bond acceptors (Lipinski definition) is 6. The average Bonchev–Trinajstić information content (AvgIpc) is 3.47. The van der Waals surface area contributed by atoms with Crippen molar-refractivity contribution >= 4 is 17.2 Å². The SMILES string of the molecule is COc1ccc(Cn2nc3n(c(=O)c2=O)CCC32CCN(C(=O)c3ccsc3)CC2)cc1. The van der Waals surface area contributed by atoms with Crippen LogP contribution in [0.4, 0.5) is 0 Å². The van der Waals surface area contributed by atoms with Crippen LogP contribution in [0.25, 0.3) is 0 Å². The zero-order valence-electron chi connectivity index (χ0n) is 17.8. The smallest absolute Gasteiger partial charge is 0.332 e. The molecule has 9 heteroatoms. The highest BCUT2D eigenvalue weighted by Gasteiger charge is 2.45. The van der Waals surface area contributed by atoms with Gasteiger partial charge in [0.1, 0.15) is 11.6 Å². The molecule has 32 heavy (non-hydrogen) atoms. The van der Waals surface area contributed by atoms with E-state index in [-0.39, 0.29) is 17.9 Å². The highest BCUT2D eigenvalue weighted by molar-refractivity contribution is 7.08. The van der Waals surface area contributed by atoms with E-state index in [1.54, 1.807) is 11.7 Å². The van der Waals surface area contributed by atoms with E-state index in [0.717, 1.165) is 36.1 Å². The number of hydrogen-bond donors (Lipinski definition) is 0. The second-order valence-electron chi connectivity index (χ2n) is 8.43. The fraction of sp³-hybridized carbons (Fsp3) is 0.391. The topological polar surface area (TPSA) is 86.4 Å². The molecule has 166 valence electrons. The van der Waals surface area contributed by atoms with Gasteiger partial charge in [-0.25, -0.2) is 4.68 Å². The van der Waals surface area contributed by atoms with Crippen LogP contribution < -0.4 is 15.9 Å². The van der Waals surface area contributed by atoms with Gasteiger partial charge in [-0.3, -0.25) is 19.0 Å². The van der Waals surface area contributed by atoms with Gasteiger partial charge in [0, 0.05) is 30.4 Å². The van der Waals surface area contributed by atoms with Crippen molar-refractivity contribution in [3.63, 3.8) is 0 Å². The molecule has 0 radical (unpaired) electrons. The van der Waals surface area contributed by atoms with Crippen LogP contribution in [0.5, 0.6) is 5.75 Å². The number of aromatic nitrogens is 3. The van der Waals surface area contributed by atoms with Crippen LogP contribution in [0.3, 0.4) is 0 Å². The number of fused-ring (bicyclic) bond motifs is 2. The molecule has 0 aliphatic carbocycles. The zero-order chi connectivity index (χ0) is 22.3. The second-order valence-corrected chi connectivity index (χ2v) is 9.21. The lowest BCUT2D eigenvalue weighted by molar-refractivity contribution is 0.0662. The molecule has 0 saturated carbocycles. The largest absolute Gasteiger partial charge is 0.497 e. The Morgan fingerprint density at radius 1 is 1.06 bits per heavy atom. The molecule has 8 nitrogen and oxygen atoms in total. The van der Waals surface area contributed by atoms with Gasteiger partial charge in [0.25, 0.3) is 5.91 Å². The van der Waals surface area contributed by atoms with Gasteiger partial charge < -0.3 is 9.64 Å². The van der Waals surface area contributed by atoms with Gasteiger partial charge in [-0.2, -0.15) is 16.4 Å². The normalized spacial score (nSPS) is 16.8. The minimum atomic E-state index is -0.605. The van der Waals surface area contributed by atoms with Gasteiger partial charge in [0.15, 0.2) is 0 Å². The first-order chi connectivity index (χ1) is 15.5. The van der Waals surface area contributed by atoms with Crippen LogP contribution >= 0.6 is 11.3 Å². The fourth-order valence-electron chi connectivity index (χ4n) is 4.76. The maximum Gasteiger partial charge on any atom is 0.332 e. The molecule has 0 bridgehead atoms. The predicted octanol–water partition coefficient (Wildman–Crippen LogP) is 2.10. The molecule has 1 aromatic carbocycles. The standard InChI is InChI=1S/C23H24N4O4S/c1-31-18-4-2-16(3-5-18)14-27-21(30)20(29)26-12-9-23(22(26)24-27)7-10-25(11-8-23)19(28)17-6-13-32-15-17/h2-6,13,15H,7-12,14H2,1H3. The third-order valence-corrected chi connectivity index (χ3v) is 7.37. The molecule has 1 spiro atoms. The molecule has 5 rings (SSSR count). The lowest BCUT2D eigenvalue weighted by Gasteiger charge is -2.38. The minimum Gasteiger partial charge on any atom is -0.497 e. The monoisotopic (exact) mass is 452 g/mol. The van der Waals surface area contributed by atoms with Crippen LogP contribution in [-0.4, -0.2) is 45.4 Å². The van der Waals surface area contributed by atoms with Gasteiger partial charge in [-0.1, -0.05) is 12.1 Å². The number of amides is 1. The molecule has 0 atom stereocenters. The Balaban J connectivity index is 1.41. The van der Waals surface area contributed by atoms with Crippen molar-refractivity contribution in [3.05, 3.63) is 78.8 Å². The van der Waals surface area contributed by atoms with E-state index in [0.29, 0.717) is 25.5 Å². The maximum atomic E-state index is 12.8. The molecule has 0 N–H and O–H groups in total. The second kappa shape index (κ2) is 8.05. The summed E-state index contributed by atoms with van der Waals surface area (Å²) in [5, 5.41) is 8.46. The molecule has 2 aliphatic heterocycles. The van der Waals surface area contributed by atoms with Crippen molar-refractivity contribution in [3.8, 4) is 5.75 Å². The lowest BCUT2D eigenvalue weighted by Crippen LogP contribution is -2.48. The number of benzene rings is 1.